The van der Waals surface area contributed by atoms with E-state index in [0.717, 1.165) is 30.6 Å². The van der Waals surface area contributed by atoms with Gasteiger partial charge in [-0.25, -0.2) is 0 Å². The van der Waals surface area contributed by atoms with Crippen LogP contribution in [0, 0.1) is 0 Å². The van der Waals surface area contributed by atoms with Crippen LogP contribution in [0.3, 0.4) is 0 Å². The third-order valence-electron chi connectivity index (χ3n) is 4.31. The Labute approximate surface area is 170 Å². The molecule has 0 aliphatic heterocycles. The molecule has 0 aliphatic carbocycles. The zero-order valence-corrected chi connectivity index (χ0v) is 16.7. The molecule has 0 saturated heterocycles. The summed E-state index contributed by atoms with van der Waals surface area (Å²) in [5, 5.41) is 10.5. The van der Waals surface area contributed by atoms with Gasteiger partial charge in [-0.15, -0.1) is 5.10 Å². The highest BCUT2D eigenvalue weighted by molar-refractivity contribution is 6.03. The molecule has 0 spiro atoms. The highest BCUT2D eigenvalue weighted by atomic mass is 16.5. The summed E-state index contributed by atoms with van der Waals surface area (Å²) in [6.07, 6.45) is 3.71. The molecule has 29 heavy (non-hydrogen) atoms. The Balaban J connectivity index is 1.56. The van der Waals surface area contributed by atoms with Crippen molar-refractivity contribution in [2.45, 2.75) is 32.6 Å². The van der Waals surface area contributed by atoms with Crippen LogP contribution in [-0.4, -0.2) is 29.8 Å². The Morgan fingerprint density at radius 2 is 1.90 bits per heavy atom. The molecule has 3 rings (SSSR count). The van der Waals surface area contributed by atoms with Crippen molar-refractivity contribution in [2.24, 2.45) is 0 Å². The fraction of sp³-hybridized carbons (Fsp3) is 0.318. The van der Waals surface area contributed by atoms with E-state index in [1.807, 2.05) is 30.3 Å². The Hall–Kier alpha value is -3.35. The van der Waals surface area contributed by atoms with Crippen molar-refractivity contribution in [1.29, 1.82) is 0 Å². The summed E-state index contributed by atoms with van der Waals surface area (Å²) >= 11 is 0. The van der Waals surface area contributed by atoms with E-state index >= 15 is 0 Å². The molecule has 1 N–H and O–H groups in total. The van der Waals surface area contributed by atoms with Crippen LogP contribution in [-0.2, 0) is 6.42 Å². The number of anilines is 1. The number of hydrogen-bond donors (Lipinski definition) is 1. The number of carbonyl (C=O) groups is 1. The van der Waals surface area contributed by atoms with E-state index in [1.54, 1.807) is 25.3 Å². The molecule has 0 radical (unpaired) electrons. The summed E-state index contributed by atoms with van der Waals surface area (Å²) in [6, 6.07) is 14.7. The van der Waals surface area contributed by atoms with Crippen LogP contribution in [0.2, 0.25) is 0 Å². The molecule has 1 amide bonds. The molecule has 0 bridgehead atoms. The van der Waals surface area contributed by atoms with Gasteiger partial charge in [0.1, 0.15) is 11.5 Å². The molecule has 0 fully saturated rings. The number of methoxy groups -OCH3 is 1. The maximum atomic E-state index is 12.5. The fourth-order valence-corrected chi connectivity index (χ4v) is 2.73. The predicted molar refractivity (Wildman–Crippen MR) is 110 cm³/mol. The van der Waals surface area contributed by atoms with Gasteiger partial charge in [-0.2, -0.15) is 0 Å². The molecule has 1 heterocycles. The van der Waals surface area contributed by atoms with Crippen molar-refractivity contribution in [1.82, 2.24) is 10.2 Å². The van der Waals surface area contributed by atoms with E-state index in [9.17, 15) is 4.79 Å². The summed E-state index contributed by atoms with van der Waals surface area (Å²) in [5.74, 6) is 1.53. The number of unbranched alkanes of at least 4 members (excludes halogenated alkanes) is 2. The van der Waals surface area contributed by atoms with E-state index in [4.69, 9.17) is 13.9 Å². The summed E-state index contributed by atoms with van der Waals surface area (Å²) < 4.78 is 16.4. The SMILES string of the molecule is CCCCCOc1cccc(C(=O)Nc2nnc(Cc3ccc(OC)cc3)o2)c1. The smallest absolute Gasteiger partial charge is 0.322 e. The first-order valence-electron chi connectivity index (χ1n) is 9.67. The van der Waals surface area contributed by atoms with Crippen LogP contribution in [0.5, 0.6) is 11.5 Å². The van der Waals surface area contributed by atoms with Crippen molar-refractivity contribution in [2.75, 3.05) is 19.0 Å². The lowest BCUT2D eigenvalue weighted by Crippen LogP contribution is -2.12. The molecule has 0 saturated carbocycles. The molecule has 2 aromatic carbocycles. The Kier molecular flexibility index (Phi) is 7.22. The van der Waals surface area contributed by atoms with E-state index in [1.165, 1.54) is 0 Å². The lowest BCUT2D eigenvalue weighted by atomic mass is 10.1. The first-order chi connectivity index (χ1) is 14.2. The van der Waals surface area contributed by atoms with Crippen molar-refractivity contribution >= 4 is 11.9 Å². The van der Waals surface area contributed by atoms with Crippen LogP contribution >= 0.6 is 0 Å². The van der Waals surface area contributed by atoms with E-state index in [0.29, 0.717) is 30.2 Å². The third kappa shape index (κ3) is 6.07. The molecule has 152 valence electrons. The molecular weight excluding hydrogens is 370 g/mol. The minimum Gasteiger partial charge on any atom is -0.497 e. The van der Waals surface area contributed by atoms with Gasteiger partial charge < -0.3 is 13.9 Å². The minimum atomic E-state index is -0.330. The van der Waals surface area contributed by atoms with Crippen molar-refractivity contribution in [3.63, 3.8) is 0 Å². The molecule has 3 aromatic rings. The van der Waals surface area contributed by atoms with Gasteiger partial charge in [0.05, 0.1) is 20.1 Å². The third-order valence-corrected chi connectivity index (χ3v) is 4.31. The molecule has 1 aromatic heterocycles. The summed E-state index contributed by atoms with van der Waals surface area (Å²) in [4.78, 5) is 12.5. The number of nitrogens with zero attached hydrogens (tertiary/aromatic N) is 2. The Morgan fingerprint density at radius 1 is 1.07 bits per heavy atom. The van der Waals surface area contributed by atoms with Crippen molar-refractivity contribution in [3.8, 4) is 11.5 Å². The second kappa shape index (κ2) is 10.3. The first kappa shape index (κ1) is 20.4. The molecule has 0 unspecified atom stereocenters. The largest absolute Gasteiger partial charge is 0.497 e. The highest BCUT2D eigenvalue weighted by Crippen LogP contribution is 2.18. The predicted octanol–water partition coefficient (Wildman–Crippen LogP) is 4.49. The average molecular weight is 395 g/mol. The number of ether oxygens (including phenoxy) is 2. The Bertz CT molecular complexity index is 922. The van der Waals surface area contributed by atoms with Crippen molar-refractivity contribution < 1.29 is 18.7 Å². The molecule has 0 atom stereocenters. The number of rotatable bonds is 10. The molecule has 7 heteroatoms. The number of hydrogen-bond acceptors (Lipinski definition) is 6. The monoisotopic (exact) mass is 395 g/mol. The standard InChI is InChI=1S/C22H25N3O4/c1-3-4-5-13-28-19-8-6-7-17(15-19)21(26)23-22-25-24-20(29-22)14-16-9-11-18(27-2)12-10-16/h6-12,15H,3-5,13-14H2,1-2H3,(H,23,25,26). The van der Waals surface area contributed by atoms with Gasteiger partial charge in [-0.3, -0.25) is 10.1 Å². The summed E-state index contributed by atoms with van der Waals surface area (Å²) in [5.41, 5.74) is 1.47. The number of carbonyl (C=O) groups excluding carboxylic acids is 1. The maximum Gasteiger partial charge on any atom is 0.322 e. The first-order valence-corrected chi connectivity index (χ1v) is 9.67. The van der Waals surface area contributed by atoms with Gasteiger partial charge in [0.15, 0.2) is 0 Å². The number of amides is 1. The van der Waals surface area contributed by atoms with Gasteiger partial charge in [0.25, 0.3) is 5.91 Å². The second-order valence-corrected chi connectivity index (χ2v) is 6.56. The Morgan fingerprint density at radius 3 is 2.66 bits per heavy atom. The summed E-state index contributed by atoms with van der Waals surface area (Å²) in [7, 11) is 1.62. The second-order valence-electron chi connectivity index (χ2n) is 6.56. The summed E-state index contributed by atoms with van der Waals surface area (Å²) in [6.45, 7) is 2.78. The van der Waals surface area contributed by atoms with Gasteiger partial charge in [-0.05, 0) is 42.3 Å². The van der Waals surface area contributed by atoms with Crippen LogP contribution in [0.4, 0.5) is 6.01 Å². The van der Waals surface area contributed by atoms with E-state index in [-0.39, 0.29) is 11.9 Å². The van der Waals surface area contributed by atoms with Crippen LogP contribution in [0.25, 0.3) is 0 Å². The van der Waals surface area contributed by atoms with Crippen molar-refractivity contribution in [3.05, 3.63) is 65.5 Å². The number of aromatic nitrogens is 2. The topological polar surface area (TPSA) is 86.5 Å². The zero-order chi connectivity index (χ0) is 20.5. The molecular formula is C22H25N3O4. The lowest BCUT2D eigenvalue weighted by molar-refractivity contribution is 0.102. The van der Waals surface area contributed by atoms with Gasteiger partial charge in [-0.1, -0.05) is 43.1 Å². The number of benzene rings is 2. The van der Waals surface area contributed by atoms with Gasteiger partial charge >= 0.3 is 6.01 Å². The maximum absolute atomic E-state index is 12.5. The molecule has 7 nitrogen and oxygen atoms in total. The normalized spacial score (nSPS) is 10.6. The van der Waals surface area contributed by atoms with Gasteiger partial charge in [0, 0.05) is 5.56 Å². The van der Waals surface area contributed by atoms with Crippen LogP contribution in [0.1, 0.15) is 48.0 Å². The number of nitrogens with one attached hydrogen (secondary N) is 1. The molecule has 0 aliphatic rings. The van der Waals surface area contributed by atoms with E-state index in [2.05, 4.69) is 22.4 Å². The lowest BCUT2D eigenvalue weighted by Gasteiger charge is -2.07. The van der Waals surface area contributed by atoms with Crippen LogP contribution in [0.15, 0.2) is 52.9 Å². The highest BCUT2D eigenvalue weighted by Gasteiger charge is 2.13. The average Bonchev–Trinajstić information content (AvgIpc) is 3.18. The van der Waals surface area contributed by atoms with E-state index < -0.39 is 0 Å². The minimum absolute atomic E-state index is 0.0628. The van der Waals surface area contributed by atoms with Crippen LogP contribution < -0.4 is 14.8 Å². The quantitative estimate of drug-likeness (QED) is 0.509. The fourth-order valence-electron chi connectivity index (χ4n) is 2.73. The van der Waals surface area contributed by atoms with Gasteiger partial charge in [0.2, 0.25) is 5.89 Å². The zero-order valence-electron chi connectivity index (χ0n) is 16.7.